The van der Waals surface area contributed by atoms with Gasteiger partial charge in [-0.15, -0.1) is 0 Å². The van der Waals surface area contributed by atoms with Gasteiger partial charge in [0.15, 0.2) is 0 Å². The van der Waals surface area contributed by atoms with Crippen molar-refractivity contribution >= 4 is 0 Å². The molecular weight excluding hydrogens is 276 g/mol. The zero-order valence-corrected chi connectivity index (χ0v) is 13.7. The largest absolute Gasteiger partial charge is 0.456 e. The Bertz CT molecular complexity index is 632. The molecule has 0 heterocycles. The number of aliphatic hydroxyl groups excluding tert-OH is 2. The summed E-state index contributed by atoms with van der Waals surface area (Å²) < 4.78 is 6.19. The lowest BCUT2D eigenvalue weighted by atomic mass is 9.85. The molecule has 0 saturated heterocycles. The van der Waals surface area contributed by atoms with Crippen LogP contribution in [0.2, 0.25) is 0 Å². The van der Waals surface area contributed by atoms with E-state index in [1.807, 2.05) is 37.3 Å². The van der Waals surface area contributed by atoms with E-state index in [-0.39, 0.29) is 18.6 Å². The van der Waals surface area contributed by atoms with Gasteiger partial charge in [0.1, 0.15) is 11.5 Å². The van der Waals surface area contributed by atoms with E-state index in [4.69, 9.17) is 4.74 Å². The van der Waals surface area contributed by atoms with Gasteiger partial charge in [-0.2, -0.15) is 0 Å². The summed E-state index contributed by atoms with van der Waals surface area (Å²) in [5.74, 6) is 1.35. The Kier molecular flexibility index (Phi) is 4.89. The van der Waals surface area contributed by atoms with Gasteiger partial charge in [-0.3, -0.25) is 0 Å². The fourth-order valence-corrected chi connectivity index (χ4v) is 2.50. The SMILES string of the molecule is Cc1cccc(C(C)(C)C)c1Oc1c(CO)cccc1CO. The van der Waals surface area contributed by atoms with Crippen molar-refractivity contribution in [3.05, 3.63) is 58.7 Å². The number of aryl methyl sites for hydroxylation is 1. The minimum atomic E-state index is -0.125. The Morgan fingerprint density at radius 1 is 0.864 bits per heavy atom. The van der Waals surface area contributed by atoms with E-state index < -0.39 is 0 Å². The molecular formula is C19H24O3. The maximum Gasteiger partial charge on any atom is 0.138 e. The van der Waals surface area contributed by atoms with E-state index in [9.17, 15) is 10.2 Å². The molecule has 3 heteroatoms. The Morgan fingerprint density at radius 2 is 1.41 bits per heavy atom. The van der Waals surface area contributed by atoms with Gasteiger partial charge in [0.05, 0.1) is 13.2 Å². The van der Waals surface area contributed by atoms with Crippen molar-refractivity contribution < 1.29 is 14.9 Å². The van der Waals surface area contributed by atoms with Crippen molar-refractivity contribution in [2.75, 3.05) is 0 Å². The summed E-state index contributed by atoms with van der Waals surface area (Å²) in [6.45, 7) is 8.17. The molecule has 118 valence electrons. The maximum absolute atomic E-state index is 9.55. The molecule has 0 saturated carbocycles. The third kappa shape index (κ3) is 3.32. The number of para-hydroxylation sites is 2. The van der Waals surface area contributed by atoms with Gasteiger partial charge in [-0.1, -0.05) is 57.2 Å². The molecule has 0 atom stereocenters. The first kappa shape index (κ1) is 16.5. The van der Waals surface area contributed by atoms with Crippen molar-refractivity contribution in [1.82, 2.24) is 0 Å². The molecule has 0 amide bonds. The quantitative estimate of drug-likeness (QED) is 0.895. The Hall–Kier alpha value is -1.84. The highest BCUT2D eigenvalue weighted by atomic mass is 16.5. The van der Waals surface area contributed by atoms with Crippen molar-refractivity contribution in [3.63, 3.8) is 0 Å². The van der Waals surface area contributed by atoms with Gasteiger partial charge < -0.3 is 14.9 Å². The summed E-state index contributed by atoms with van der Waals surface area (Å²) in [7, 11) is 0. The average Bonchev–Trinajstić information content (AvgIpc) is 2.48. The normalized spacial score (nSPS) is 11.5. The minimum absolute atomic E-state index is 0.0606. The summed E-state index contributed by atoms with van der Waals surface area (Å²) >= 11 is 0. The molecule has 0 bridgehead atoms. The van der Waals surface area contributed by atoms with Gasteiger partial charge in [0.2, 0.25) is 0 Å². The van der Waals surface area contributed by atoms with Crippen LogP contribution in [0.25, 0.3) is 0 Å². The highest BCUT2D eigenvalue weighted by Gasteiger charge is 2.22. The lowest BCUT2D eigenvalue weighted by Crippen LogP contribution is -2.13. The van der Waals surface area contributed by atoms with Gasteiger partial charge in [-0.25, -0.2) is 0 Å². The highest BCUT2D eigenvalue weighted by Crippen LogP contribution is 2.38. The van der Waals surface area contributed by atoms with Crippen LogP contribution in [0.4, 0.5) is 0 Å². The molecule has 0 spiro atoms. The smallest absolute Gasteiger partial charge is 0.138 e. The number of hydrogen-bond acceptors (Lipinski definition) is 3. The van der Waals surface area contributed by atoms with Crippen LogP contribution in [-0.4, -0.2) is 10.2 Å². The first-order valence-electron chi connectivity index (χ1n) is 7.49. The molecule has 0 aromatic heterocycles. The van der Waals surface area contributed by atoms with E-state index in [0.717, 1.165) is 16.9 Å². The fourth-order valence-electron chi connectivity index (χ4n) is 2.50. The average molecular weight is 300 g/mol. The number of aliphatic hydroxyl groups is 2. The van der Waals surface area contributed by atoms with Gasteiger partial charge in [-0.05, 0) is 17.9 Å². The first-order valence-corrected chi connectivity index (χ1v) is 7.49. The number of hydrogen-bond donors (Lipinski definition) is 2. The summed E-state index contributed by atoms with van der Waals surface area (Å²) in [5.41, 5.74) is 3.42. The second-order valence-corrected chi connectivity index (χ2v) is 6.53. The van der Waals surface area contributed by atoms with E-state index in [1.165, 1.54) is 0 Å². The molecule has 0 aliphatic rings. The summed E-state index contributed by atoms with van der Waals surface area (Å²) in [6, 6.07) is 11.5. The standard InChI is InChI=1S/C19H24O3/c1-13-7-5-10-16(19(2,3)4)17(13)22-18-14(11-20)8-6-9-15(18)12-21/h5-10,20-21H,11-12H2,1-4H3. The molecule has 22 heavy (non-hydrogen) atoms. The number of rotatable bonds is 4. The second kappa shape index (κ2) is 6.51. The molecule has 0 aliphatic heterocycles. The number of ether oxygens (including phenoxy) is 1. The predicted octanol–water partition coefficient (Wildman–Crippen LogP) is 4.07. The topological polar surface area (TPSA) is 49.7 Å². The molecule has 0 unspecified atom stereocenters. The second-order valence-electron chi connectivity index (χ2n) is 6.53. The lowest BCUT2D eigenvalue weighted by Gasteiger charge is -2.25. The lowest BCUT2D eigenvalue weighted by molar-refractivity contribution is 0.265. The first-order chi connectivity index (χ1) is 10.4. The zero-order valence-electron chi connectivity index (χ0n) is 13.7. The summed E-state index contributed by atoms with van der Waals surface area (Å²) in [6.07, 6.45) is 0. The minimum Gasteiger partial charge on any atom is -0.456 e. The molecule has 0 aliphatic carbocycles. The van der Waals surface area contributed by atoms with Crippen molar-refractivity contribution in [2.24, 2.45) is 0 Å². The molecule has 2 aromatic carbocycles. The molecule has 0 fully saturated rings. The van der Waals surface area contributed by atoms with E-state index in [1.54, 1.807) is 0 Å². The summed E-state index contributed by atoms with van der Waals surface area (Å²) in [5, 5.41) is 19.1. The van der Waals surface area contributed by atoms with Gasteiger partial charge in [0.25, 0.3) is 0 Å². The van der Waals surface area contributed by atoms with E-state index >= 15 is 0 Å². The van der Waals surface area contributed by atoms with Gasteiger partial charge in [0, 0.05) is 16.7 Å². The molecule has 2 N–H and O–H groups in total. The van der Waals surface area contributed by atoms with Crippen LogP contribution in [0.15, 0.2) is 36.4 Å². The van der Waals surface area contributed by atoms with Crippen LogP contribution in [0, 0.1) is 6.92 Å². The third-order valence-electron chi connectivity index (χ3n) is 3.74. The highest BCUT2D eigenvalue weighted by molar-refractivity contribution is 5.50. The summed E-state index contributed by atoms with van der Waals surface area (Å²) in [4.78, 5) is 0. The van der Waals surface area contributed by atoms with Crippen molar-refractivity contribution in [1.29, 1.82) is 0 Å². The zero-order chi connectivity index (χ0) is 16.3. The van der Waals surface area contributed by atoms with Crippen LogP contribution in [0.3, 0.4) is 0 Å². The Balaban J connectivity index is 2.57. The van der Waals surface area contributed by atoms with Crippen LogP contribution in [0.1, 0.15) is 43.0 Å². The Labute approximate surface area is 132 Å². The van der Waals surface area contributed by atoms with Crippen molar-refractivity contribution in [2.45, 2.75) is 46.3 Å². The number of benzene rings is 2. The van der Waals surface area contributed by atoms with Gasteiger partial charge >= 0.3 is 0 Å². The molecule has 2 rings (SSSR count). The molecule has 0 radical (unpaired) electrons. The van der Waals surface area contributed by atoms with E-state index in [2.05, 4.69) is 26.8 Å². The van der Waals surface area contributed by atoms with Crippen molar-refractivity contribution in [3.8, 4) is 11.5 Å². The maximum atomic E-state index is 9.55. The fraction of sp³-hybridized carbons (Fsp3) is 0.368. The van der Waals surface area contributed by atoms with E-state index in [0.29, 0.717) is 16.9 Å². The molecule has 2 aromatic rings. The molecule has 3 nitrogen and oxygen atoms in total. The third-order valence-corrected chi connectivity index (χ3v) is 3.74. The van der Waals surface area contributed by atoms with Crippen LogP contribution < -0.4 is 4.74 Å². The van der Waals surface area contributed by atoms with Crippen LogP contribution in [0.5, 0.6) is 11.5 Å². The Morgan fingerprint density at radius 3 is 1.91 bits per heavy atom. The van der Waals surface area contributed by atoms with Crippen LogP contribution in [-0.2, 0) is 18.6 Å². The van der Waals surface area contributed by atoms with Crippen LogP contribution >= 0.6 is 0 Å². The monoisotopic (exact) mass is 300 g/mol. The predicted molar refractivity (Wildman–Crippen MR) is 88.2 cm³/mol.